The number of rotatable bonds is 6. The van der Waals surface area contributed by atoms with Crippen LogP contribution in [0.5, 0.6) is 5.75 Å². The first-order valence-corrected chi connectivity index (χ1v) is 13.2. The Morgan fingerprint density at radius 3 is 2.47 bits per heavy atom. The number of ketones is 1. The predicted octanol–water partition coefficient (Wildman–Crippen LogP) is 6.46. The number of ether oxygens (including phenoxy) is 1. The molecular formula is C28H25N3O3S2. The van der Waals surface area contributed by atoms with E-state index in [1.807, 2.05) is 56.4 Å². The molecule has 2 aliphatic rings. The highest BCUT2D eigenvalue weighted by Gasteiger charge is 2.39. The topological polar surface area (TPSA) is 62.2 Å². The normalized spacial score (nSPS) is 18.2. The molecule has 0 bridgehead atoms. The largest absolute Gasteiger partial charge is 0.492 e. The Labute approximate surface area is 219 Å². The van der Waals surface area contributed by atoms with E-state index in [2.05, 4.69) is 17.0 Å². The van der Waals surface area contributed by atoms with Crippen LogP contribution in [0.3, 0.4) is 0 Å². The molecule has 0 atom stereocenters. The maximum atomic E-state index is 13.8. The molecule has 0 saturated carbocycles. The van der Waals surface area contributed by atoms with E-state index in [-0.39, 0.29) is 11.7 Å². The van der Waals surface area contributed by atoms with Crippen molar-refractivity contribution in [1.82, 2.24) is 4.90 Å². The van der Waals surface area contributed by atoms with Gasteiger partial charge in [0.15, 0.2) is 11.0 Å². The molecule has 0 N–H and O–H groups in total. The number of Topliss-reactive ketones (excluding diaryl/α,β-unsaturated/α-hetero) is 1. The Morgan fingerprint density at radius 1 is 1.00 bits per heavy atom. The molecule has 1 saturated heterocycles. The average Bonchev–Trinajstić information content (AvgIpc) is 3.37. The van der Waals surface area contributed by atoms with Crippen molar-refractivity contribution in [2.75, 3.05) is 18.6 Å². The van der Waals surface area contributed by atoms with Crippen molar-refractivity contribution in [1.29, 1.82) is 0 Å². The van der Waals surface area contributed by atoms with E-state index >= 15 is 0 Å². The number of carbonyl (C=O) groups excluding carboxylic acids is 2. The summed E-state index contributed by atoms with van der Waals surface area (Å²) < 4.78 is 5.79. The number of amidine groups is 1. The molecule has 0 spiro atoms. The first kappa shape index (κ1) is 24.2. The van der Waals surface area contributed by atoms with Crippen molar-refractivity contribution >= 4 is 51.8 Å². The molecule has 3 aromatic rings. The van der Waals surface area contributed by atoms with Gasteiger partial charge in [-0.1, -0.05) is 54.2 Å². The molecule has 0 radical (unpaired) electrons. The van der Waals surface area contributed by atoms with Gasteiger partial charge in [-0.2, -0.15) is 0 Å². The second kappa shape index (κ2) is 10.2. The highest BCUT2D eigenvalue weighted by Crippen LogP contribution is 2.50. The molecule has 3 aromatic carbocycles. The fourth-order valence-electron chi connectivity index (χ4n) is 4.03. The number of fused-ring (bicyclic) bond motifs is 1. The lowest BCUT2D eigenvalue weighted by Gasteiger charge is -2.17. The molecule has 1 fully saturated rings. The van der Waals surface area contributed by atoms with Crippen LogP contribution in [0.15, 0.2) is 92.6 Å². The number of aliphatic imine (C=N–C) groups is 1. The maximum absolute atomic E-state index is 13.8. The van der Waals surface area contributed by atoms with E-state index in [0.717, 1.165) is 21.2 Å². The van der Waals surface area contributed by atoms with Crippen LogP contribution in [0, 0.1) is 0 Å². The van der Waals surface area contributed by atoms with E-state index in [9.17, 15) is 9.59 Å². The number of para-hydroxylation sites is 1. The third-order valence-corrected chi connectivity index (χ3v) is 8.29. The van der Waals surface area contributed by atoms with E-state index in [1.54, 1.807) is 34.9 Å². The Morgan fingerprint density at radius 2 is 1.75 bits per heavy atom. The molecule has 8 heteroatoms. The lowest BCUT2D eigenvalue weighted by atomic mass is 10.1. The summed E-state index contributed by atoms with van der Waals surface area (Å²) in [5.41, 5.74) is 3.15. The zero-order valence-electron chi connectivity index (χ0n) is 20.2. The molecule has 2 aliphatic heterocycles. The third-order valence-electron chi connectivity index (χ3n) is 5.86. The number of amides is 1. The van der Waals surface area contributed by atoms with Gasteiger partial charge in [0.1, 0.15) is 16.3 Å². The lowest BCUT2D eigenvalue weighted by molar-refractivity contribution is -0.122. The van der Waals surface area contributed by atoms with E-state index < -0.39 is 0 Å². The van der Waals surface area contributed by atoms with Gasteiger partial charge in [0.05, 0.1) is 23.9 Å². The summed E-state index contributed by atoms with van der Waals surface area (Å²) in [6.07, 6.45) is 0. The van der Waals surface area contributed by atoms with Gasteiger partial charge in [-0.3, -0.25) is 14.5 Å². The van der Waals surface area contributed by atoms with Gasteiger partial charge in [-0.25, -0.2) is 4.99 Å². The van der Waals surface area contributed by atoms with Crippen LogP contribution in [0.25, 0.3) is 0 Å². The number of benzene rings is 3. The number of thioether (sulfide) groups is 2. The molecule has 36 heavy (non-hydrogen) atoms. The van der Waals surface area contributed by atoms with Crippen LogP contribution >= 0.6 is 23.5 Å². The van der Waals surface area contributed by atoms with Crippen molar-refractivity contribution in [2.45, 2.75) is 25.3 Å². The number of anilines is 1. The first-order chi connectivity index (χ1) is 17.5. The fraction of sp³-hybridized carbons (Fsp3) is 0.179. The van der Waals surface area contributed by atoms with Crippen molar-refractivity contribution < 1.29 is 14.3 Å². The van der Waals surface area contributed by atoms with E-state index in [0.29, 0.717) is 40.2 Å². The summed E-state index contributed by atoms with van der Waals surface area (Å²) in [6.45, 7) is 4.28. The van der Waals surface area contributed by atoms with Crippen molar-refractivity contribution in [3.63, 3.8) is 0 Å². The number of carbonyl (C=O) groups is 2. The van der Waals surface area contributed by atoms with Crippen molar-refractivity contribution in [3.05, 3.63) is 93.9 Å². The number of hydrogen-bond donors (Lipinski definition) is 0. The Hall–Kier alpha value is -3.49. The Kier molecular flexibility index (Phi) is 6.89. The summed E-state index contributed by atoms with van der Waals surface area (Å²) >= 11 is 2.95. The molecule has 0 aromatic heterocycles. The van der Waals surface area contributed by atoms with Gasteiger partial charge in [-0.15, -0.1) is 0 Å². The zero-order valence-corrected chi connectivity index (χ0v) is 21.9. The average molecular weight is 516 g/mol. The van der Waals surface area contributed by atoms with E-state index in [4.69, 9.17) is 9.73 Å². The minimum Gasteiger partial charge on any atom is -0.492 e. The minimum atomic E-state index is -0.0922. The Balaban J connectivity index is 1.60. The molecule has 5 rings (SSSR count). The summed E-state index contributed by atoms with van der Waals surface area (Å²) in [5, 5.41) is 1.44. The lowest BCUT2D eigenvalue weighted by Crippen LogP contribution is -2.29. The minimum absolute atomic E-state index is 0.0552. The molecule has 1 amide bonds. The Bertz CT molecular complexity index is 1400. The maximum Gasteiger partial charge on any atom is 0.269 e. The predicted molar refractivity (Wildman–Crippen MR) is 147 cm³/mol. The van der Waals surface area contributed by atoms with Crippen molar-refractivity contribution in [3.8, 4) is 5.75 Å². The van der Waals surface area contributed by atoms with Crippen LogP contribution in [0.4, 0.5) is 11.4 Å². The van der Waals surface area contributed by atoms with Gasteiger partial charge in [0, 0.05) is 17.5 Å². The highest BCUT2D eigenvalue weighted by molar-refractivity contribution is 8.19. The number of nitrogens with zero attached hydrogens (tertiary/aromatic N) is 3. The summed E-state index contributed by atoms with van der Waals surface area (Å²) in [4.78, 5) is 36.3. The van der Waals surface area contributed by atoms with Crippen LogP contribution < -0.4 is 9.64 Å². The van der Waals surface area contributed by atoms with Crippen molar-refractivity contribution in [2.24, 2.45) is 4.99 Å². The van der Waals surface area contributed by atoms with Gasteiger partial charge in [0.25, 0.3) is 5.91 Å². The first-order valence-electron chi connectivity index (χ1n) is 11.6. The van der Waals surface area contributed by atoms with Crippen LogP contribution in [-0.4, -0.2) is 35.4 Å². The van der Waals surface area contributed by atoms with Gasteiger partial charge in [-0.05, 0) is 61.5 Å². The second-order valence-corrected chi connectivity index (χ2v) is 10.3. The quantitative estimate of drug-likeness (QED) is 0.277. The van der Waals surface area contributed by atoms with E-state index in [1.165, 1.54) is 18.7 Å². The van der Waals surface area contributed by atoms with Crippen LogP contribution in [0.2, 0.25) is 0 Å². The third kappa shape index (κ3) is 4.66. The molecule has 6 nitrogen and oxygen atoms in total. The molecule has 0 aliphatic carbocycles. The summed E-state index contributed by atoms with van der Waals surface area (Å²) in [6, 6.07) is 23.2. The van der Waals surface area contributed by atoms with Gasteiger partial charge >= 0.3 is 0 Å². The summed E-state index contributed by atoms with van der Waals surface area (Å²) in [7, 11) is 1.98. The van der Waals surface area contributed by atoms with Gasteiger partial charge in [0.2, 0.25) is 0 Å². The van der Waals surface area contributed by atoms with Gasteiger partial charge < -0.3 is 9.64 Å². The fourth-order valence-corrected chi connectivity index (χ4v) is 6.36. The molecular weight excluding hydrogens is 490 g/mol. The zero-order chi connectivity index (χ0) is 25.2. The van der Waals surface area contributed by atoms with Crippen LogP contribution in [-0.2, 0) is 11.3 Å². The standard InChI is InChI=1S/C28H25N3O3S2/c1-4-34-23-15-14-20(18(2)32)16-21(23)29-28-31(17-19-10-6-5-7-11-19)26(33)25(36-28)27-30(3)22-12-8-9-13-24(22)35-27/h5-16H,4,17H2,1-3H3. The smallest absolute Gasteiger partial charge is 0.269 e. The molecule has 0 unspecified atom stereocenters. The van der Waals surface area contributed by atoms with Crippen LogP contribution in [0.1, 0.15) is 29.8 Å². The highest BCUT2D eigenvalue weighted by atomic mass is 32.2. The molecule has 182 valence electrons. The second-order valence-electron chi connectivity index (χ2n) is 8.31. The number of hydrogen-bond acceptors (Lipinski definition) is 7. The molecule has 2 heterocycles. The summed E-state index contributed by atoms with van der Waals surface area (Å²) in [5.74, 6) is 0.425. The monoisotopic (exact) mass is 515 g/mol. The SMILES string of the molecule is CCOc1ccc(C(C)=O)cc1N=C1SC(=C2Sc3ccccc3N2C)C(=O)N1Cc1ccccc1.